The maximum absolute atomic E-state index is 5.66. The van der Waals surface area contributed by atoms with E-state index in [1.165, 1.54) is 0 Å². The molecule has 0 spiro atoms. The maximum Gasteiger partial charge on any atom is 0.196 e. The largest absolute Gasteiger partial charge is 0.440 e. The molecule has 5 heteroatoms. The predicted octanol–water partition coefficient (Wildman–Crippen LogP) is 2.18. The van der Waals surface area contributed by atoms with Crippen molar-refractivity contribution in [2.45, 2.75) is 6.42 Å². The zero-order chi connectivity index (χ0) is 11.9. The molecule has 0 aliphatic carbocycles. The summed E-state index contributed by atoms with van der Waals surface area (Å²) in [6.07, 6.45) is 2.59. The number of hydrogen-bond acceptors (Lipinski definition) is 5. The number of ether oxygens (including phenoxy) is 1. The highest BCUT2D eigenvalue weighted by Crippen LogP contribution is 2.24. The van der Waals surface area contributed by atoms with Crippen LogP contribution < -0.4 is 5.32 Å². The number of rotatable bonds is 7. The van der Waals surface area contributed by atoms with Crippen LogP contribution in [0, 0.1) is 0 Å². The molecular weight excluding hydrogens is 236 g/mol. The number of hydrogen-bond donors (Lipinski definition) is 1. The highest BCUT2D eigenvalue weighted by molar-refractivity contribution is 7.13. The monoisotopic (exact) mass is 252 g/mol. The Labute approximate surface area is 105 Å². The van der Waals surface area contributed by atoms with E-state index < -0.39 is 0 Å². The van der Waals surface area contributed by atoms with E-state index in [0.717, 1.165) is 42.6 Å². The molecule has 2 heterocycles. The first-order chi connectivity index (χ1) is 8.40. The van der Waals surface area contributed by atoms with Crippen molar-refractivity contribution in [2.75, 3.05) is 26.8 Å². The Bertz CT molecular complexity index is 425. The second-order valence-corrected chi connectivity index (χ2v) is 4.54. The van der Waals surface area contributed by atoms with E-state index >= 15 is 0 Å². The van der Waals surface area contributed by atoms with Crippen LogP contribution in [0.1, 0.15) is 5.89 Å². The summed E-state index contributed by atoms with van der Waals surface area (Å²) in [5, 5.41) is 5.29. The Morgan fingerprint density at radius 2 is 2.41 bits per heavy atom. The molecule has 2 rings (SSSR count). The second-order valence-electron chi connectivity index (χ2n) is 3.59. The summed E-state index contributed by atoms with van der Waals surface area (Å²) < 4.78 is 10.6. The molecule has 0 atom stereocenters. The van der Waals surface area contributed by atoms with Crippen LogP contribution in [-0.4, -0.2) is 31.8 Å². The molecule has 0 aliphatic rings. The van der Waals surface area contributed by atoms with Gasteiger partial charge in [-0.15, -0.1) is 11.3 Å². The highest BCUT2D eigenvalue weighted by atomic mass is 32.1. The van der Waals surface area contributed by atoms with Gasteiger partial charge in [0.1, 0.15) is 0 Å². The maximum atomic E-state index is 5.66. The molecule has 0 amide bonds. The van der Waals surface area contributed by atoms with Crippen molar-refractivity contribution in [3.8, 4) is 10.6 Å². The van der Waals surface area contributed by atoms with Gasteiger partial charge in [-0.25, -0.2) is 4.98 Å². The SMILES string of the molecule is COCCNCCc1ncc(-c2cccs2)o1. The quantitative estimate of drug-likeness (QED) is 0.767. The molecule has 17 heavy (non-hydrogen) atoms. The van der Waals surface area contributed by atoms with Gasteiger partial charge in [0, 0.05) is 26.6 Å². The number of nitrogens with one attached hydrogen (secondary N) is 1. The van der Waals surface area contributed by atoms with Gasteiger partial charge in [-0.2, -0.15) is 0 Å². The Hall–Kier alpha value is -1.17. The molecule has 0 aromatic carbocycles. The summed E-state index contributed by atoms with van der Waals surface area (Å²) in [6.45, 7) is 2.44. The average molecular weight is 252 g/mol. The zero-order valence-electron chi connectivity index (χ0n) is 9.81. The number of methoxy groups -OCH3 is 1. The molecule has 2 aromatic heterocycles. The molecular formula is C12H16N2O2S. The topological polar surface area (TPSA) is 47.3 Å². The molecule has 0 fully saturated rings. The standard InChI is InChI=1S/C12H16N2O2S/c1-15-7-6-13-5-4-12-14-9-10(16-12)11-3-2-8-17-11/h2-3,8-9,13H,4-7H2,1H3. The van der Waals surface area contributed by atoms with Gasteiger partial charge in [0.05, 0.1) is 17.7 Å². The van der Waals surface area contributed by atoms with Gasteiger partial charge in [0.25, 0.3) is 0 Å². The fraction of sp³-hybridized carbons (Fsp3) is 0.417. The predicted molar refractivity (Wildman–Crippen MR) is 68.3 cm³/mol. The van der Waals surface area contributed by atoms with Gasteiger partial charge in [-0.05, 0) is 11.4 Å². The van der Waals surface area contributed by atoms with E-state index in [2.05, 4.69) is 10.3 Å². The lowest BCUT2D eigenvalue weighted by atomic mass is 10.4. The highest BCUT2D eigenvalue weighted by Gasteiger charge is 2.06. The average Bonchev–Trinajstić information content (AvgIpc) is 2.99. The van der Waals surface area contributed by atoms with Crippen LogP contribution in [0.2, 0.25) is 0 Å². The molecule has 0 saturated heterocycles. The van der Waals surface area contributed by atoms with E-state index in [1.807, 2.05) is 17.5 Å². The van der Waals surface area contributed by atoms with Gasteiger partial charge < -0.3 is 14.5 Å². The minimum Gasteiger partial charge on any atom is -0.440 e. The van der Waals surface area contributed by atoms with Crippen LogP contribution >= 0.6 is 11.3 Å². The fourth-order valence-corrected chi connectivity index (χ4v) is 2.12. The summed E-state index contributed by atoms with van der Waals surface area (Å²) in [4.78, 5) is 5.38. The Balaban J connectivity index is 1.79. The molecule has 2 aromatic rings. The third-order valence-electron chi connectivity index (χ3n) is 2.32. The van der Waals surface area contributed by atoms with Crippen molar-refractivity contribution < 1.29 is 9.15 Å². The summed E-state index contributed by atoms with van der Waals surface area (Å²) in [7, 11) is 1.70. The van der Waals surface area contributed by atoms with Crippen molar-refractivity contribution in [1.82, 2.24) is 10.3 Å². The van der Waals surface area contributed by atoms with Crippen LogP contribution in [0.25, 0.3) is 10.6 Å². The van der Waals surface area contributed by atoms with Crippen molar-refractivity contribution in [3.05, 3.63) is 29.6 Å². The second kappa shape index (κ2) is 6.54. The molecule has 1 N–H and O–H groups in total. The lowest BCUT2D eigenvalue weighted by Crippen LogP contribution is -2.21. The van der Waals surface area contributed by atoms with Crippen LogP contribution in [0.4, 0.5) is 0 Å². The normalized spacial score (nSPS) is 10.9. The van der Waals surface area contributed by atoms with E-state index in [0.29, 0.717) is 0 Å². The fourth-order valence-electron chi connectivity index (χ4n) is 1.45. The van der Waals surface area contributed by atoms with E-state index in [1.54, 1.807) is 24.6 Å². The molecule has 0 saturated carbocycles. The lowest BCUT2D eigenvalue weighted by Gasteiger charge is -2.00. The van der Waals surface area contributed by atoms with Crippen LogP contribution in [-0.2, 0) is 11.2 Å². The number of thiophene rings is 1. The Morgan fingerprint density at radius 3 is 3.18 bits per heavy atom. The third kappa shape index (κ3) is 3.66. The minimum atomic E-state index is 0.728. The summed E-state index contributed by atoms with van der Waals surface area (Å²) in [5.41, 5.74) is 0. The first kappa shape index (κ1) is 12.3. The smallest absolute Gasteiger partial charge is 0.196 e. The molecule has 0 radical (unpaired) electrons. The number of nitrogens with zero attached hydrogens (tertiary/aromatic N) is 1. The molecule has 0 bridgehead atoms. The Kier molecular flexibility index (Phi) is 4.73. The third-order valence-corrected chi connectivity index (χ3v) is 3.20. The van der Waals surface area contributed by atoms with Crippen molar-refractivity contribution >= 4 is 11.3 Å². The van der Waals surface area contributed by atoms with Crippen molar-refractivity contribution in [3.63, 3.8) is 0 Å². The van der Waals surface area contributed by atoms with Gasteiger partial charge in [-0.3, -0.25) is 0 Å². The molecule has 0 unspecified atom stereocenters. The van der Waals surface area contributed by atoms with Crippen LogP contribution in [0.5, 0.6) is 0 Å². The number of oxazole rings is 1. The van der Waals surface area contributed by atoms with Gasteiger partial charge in [-0.1, -0.05) is 6.07 Å². The van der Waals surface area contributed by atoms with Crippen molar-refractivity contribution in [1.29, 1.82) is 0 Å². The summed E-state index contributed by atoms with van der Waals surface area (Å²) in [6, 6.07) is 4.04. The van der Waals surface area contributed by atoms with Crippen LogP contribution in [0.3, 0.4) is 0 Å². The number of aromatic nitrogens is 1. The van der Waals surface area contributed by atoms with Crippen LogP contribution in [0.15, 0.2) is 28.1 Å². The minimum absolute atomic E-state index is 0.728. The van der Waals surface area contributed by atoms with Gasteiger partial charge in [0.2, 0.25) is 0 Å². The molecule has 0 aliphatic heterocycles. The zero-order valence-corrected chi connectivity index (χ0v) is 10.6. The first-order valence-corrected chi connectivity index (χ1v) is 6.46. The van der Waals surface area contributed by atoms with E-state index in [-0.39, 0.29) is 0 Å². The first-order valence-electron chi connectivity index (χ1n) is 5.58. The van der Waals surface area contributed by atoms with Gasteiger partial charge in [0.15, 0.2) is 11.7 Å². The van der Waals surface area contributed by atoms with E-state index in [9.17, 15) is 0 Å². The summed E-state index contributed by atoms with van der Waals surface area (Å²) >= 11 is 1.66. The van der Waals surface area contributed by atoms with E-state index in [4.69, 9.17) is 9.15 Å². The Morgan fingerprint density at radius 1 is 1.47 bits per heavy atom. The molecule has 4 nitrogen and oxygen atoms in total. The lowest BCUT2D eigenvalue weighted by molar-refractivity contribution is 0.199. The molecule has 92 valence electrons. The van der Waals surface area contributed by atoms with Crippen molar-refractivity contribution in [2.24, 2.45) is 0 Å². The van der Waals surface area contributed by atoms with Gasteiger partial charge >= 0.3 is 0 Å². The summed E-state index contributed by atoms with van der Waals surface area (Å²) in [5.74, 6) is 1.63.